The smallest absolute Gasteiger partial charge is 0.405 e. The molecule has 2 N–H and O–H groups in total. The number of primary amides is 1. The third kappa shape index (κ3) is 10.1. The first kappa shape index (κ1) is 28.6. The van der Waals surface area contributed by atoms with Crippen molar-refractivity contribution in [2.45, 2.75) is 40.2 Å². The van der Waals surface area contributed by atoms with Crippen molar-refractivity contribution in [3.8, 4) is 0 Å². The average Bonchev–Trinajstić information content (AvgIpc) is 2.80. The Labute approximate surface area is 207 Å². The molecule has 1 aliphatic heterocycles. The molecule has 0 saturated carbocycles. The summed E-state index contributed by atoms with van der Waals surface area (Å²) in [7, 11) is 0. The molecule has 1 aliphatic rings. The van der Waals surface area contributed by atoms with E-state index in [4.69, 9.17) is 10.5 Å². The quantitative estimate of drug-likeness (QED) is 0.566. The Morgan fingerprint density at radius 2 is 1.43 bits per heavy atom. The minimum atomic E-state index is -0.740. The van der Waals surface area contributed by atoms with Gasteiger partial charge in [-0.2, -0.15) is 0 Å². The van der Waals surface area contributed by atoms with E-state index >= 15 is 0 Å². The number of para-hydroxylation sites is 1. The van der Waals surface area contributed by atoms with Crippen molar-refractivity contribution in [1.82, 2.24) is 4.90 Å². The van der Waals surface area contributed by atoms with Crippen molar-refractivity contribution in [2.24, 2.45) is 5.73 Å². The topological polar surface area (TPSA) is 58.8 Å². The molecule has 30 heavy (non-hydrogen) atoms. The second-order valence-corrected chi connectivity index (χ2v) is 6.11. The zero-order valence-corrected chi connectivity index (χ0v) is 21.7. The van der Waals surface area contributed by atoms with Crippen molar-refractivity contribution in [3.05, 3.63) is 72.8 Å². The van der Waals surface area contributed by atoms with E-state index in [1.54, 1.807) is 0 Å². The van der Waals surface area contributed by atoms with Gasteiger partial charge in [-0.25, -0.2) is 4.79 Å². The summed E-state index contributed by atoms with van der Waals surface area (Å²) < 4.78 is 5.29. The van der Waals surface area contributed by atoms with Crippen molar-refractivity contribution in [1.29, 1.82) is 0 Å². The average molecular weight is 487 g/mol. The maximum absolute atomic E-state index is 11.2. The van der Waals surface area contributed by atoms with Crippen LogP contribution >= 0.6 is 0 Å². The van der Waals surface area contributed by atoms with Gasteiger partial charge in [-0.05, 0) is 30.8 Å². The van der Waals surface area contributed by atoms with Gasteiger partial charge in [0, 0.05) is 51.5 Å². The summed E-state index contributed by atoms with van der Waals surface area (Å²) >= 11 is 0. The standard InChI is InChI=1S/C20H24N3O2.2C2H6.Y/c21-20(24)25-19(17-7-3-1-4-8-17)11-12-22-13-15-23(16-14-22)18-9-5-2-6-10-18;2*1-2;/h1-10,12,19H,11,13-16H2,(H2,21,24);2*1-2H3;/q-1;;;. The Morgan fingerprint density at radius 3 is 1.93 bits per heavy atom. The second-order valence-electron chi connectivity index (χ2n) is 6.11. The van der Waals surface area contributed by atoms with E-state index in [0.29, 0.717) is 6.42 Å². The molecule has 0 aromatic heterocycles. The van der Waals surface area contributed by atoms with Gasteiger partial charge in [-0.15, -0.1) is 6.42 Å². The fourth-order valence-electron chi connectivity index (χ4n) is 3.11. The predicted octanol–water partition coefficient (Wildman–Crippen LogP) is 5.25. The monoisotopic (exact) mass is 487 g/mol. The molecule has 5 nitrogen and oxygen atoms in total. The molecule has 1 radical (unpaired) electrons. The fourth-order valence-corrected chi connectivity index (χ4v) is 3.11. The maximum atomic E-state index is 11.2. The molecule has 6 heteroatoms. The van der Waals surface area contributed by atoms with Crippen LogP contribution in [0.2, 0.25) is 0 Å². The summed E-state index contributed by atoms with van der Waals surface area (Å²) in [6.45, 7) is 14.0. The number of rotatable bonds is 6. The molecular weight excluding hydrogens is 451 g/mol. The number of carbonyl (C=O) groups excluding carboxylic acids is 1. The second kappa shape index (κ2) is 17.3. The maximum Gasteiger partial charge on any atom is 0.405 e. The molecular formula is C24H36N3O2Y-. The van der Waals surface area contributed by atoms with Gasteiger partial charge in [0.15, 0.2) is 0 Å². The van der Waals surface area contributed by atoms with Crippen molar-refractivity contribution >= 4 is 11.8 Å². The minimum Gasteiger partial charge on any atom is -0.453 e. The van der Waals surface area contributed by atoms with Crippen LogP contribution < -0.4 is 10.6 Å². The van der Waals surface area contributed by atoms with Gasteiger partial charge in [0.1, 0.15) is 6.10 Å². The molecule has 2 aromatic carbocycles. The van der Waals surface area contributed by atoms with E-state index in [1.165, 1.54) is 5.69 Å². The summed E-state index contributed by atoms with van der Waals surface area (Å²) in [5, 5.41) is 0. The molecule has 1 saturated heterocycles. The summed E-state index contributed by atoms with van der Waals surface area (Å²) in [6.07, 6.45) is -0.458. The molecule has 1 amide bonds. The van der Waals surface area contributed by atoms with Gasteiger partial charge in [0.25, 0.3) is 0 Å². The van der Waals surface area contributed by atoms with Gasteiger partial charge >= 0.3 is 6.09 Å². The first-order chi connectivity index (χ1) is 14.2. The molecule has 3 rings (SSSR count). The molecule has 0 spiro atoms. The van der Waals surface area contributed by atoms with Crippen LogP contribution in [0.25, 0.3) is 0 Å². The number of nitrogens with two attached hydrogens (primary N) is 1. The number of piperazine rings is 1. The number of nitrogens with zero attached hydrogens (tertiary/aromatic N) is 2. The third-order valence-electron chi connectivity index (χ3n) is 4.44. The molecule has 2 aromatic rings. The number of hydrogen-bond acceptors (Lipinski definition) is 4. The van der Waals surface area contributed by atoms with Gasteiger partial charge in [0.05, 0.1) is 0 Å². The molecule has 163 valence electrons. The largest absolute Gasteiger partial charge is 0.453 e. The van der Waals surface area contributed by atoms with Gasteiger partial charge in [-0.1, -0.05) is 76.2 Å². The first-order valence-corrected chi connectivity index (χ1v) is 10.6. The van der Waals surface area contributed by atoms with E-state index in [-0.39, 0.29) is 38.8 Å². The van der Waals surface area contributed by atoms with Gasteiger partial charge in [-0.3, -0.25) is 6.54 Å². The number of ether oxygens (including phenoxy) is 1. The number of anilines is 1. The predicted molar refractivity (Wildman–Crippen MR) is 122 cm³/mol. The summed E-state index contributed by atoms with van der Waals surface area (Å²) in [5.41, 5.74) is 7.45. The Morgan fingerprint density at radius 1 is 0.933 bits per heavy atom. The van der Waals surface area contributed by atoms with Gasteiger partial charge < -0.3 is 20.3 Å². The van der Waals surface area contributed by atoms with Crippen LogP contribution in [-0.4, -0.2) is 37.2 Å². The minimum absolute atomic E-state index is 0. The van der Waals surface area contributed by atoms with Crippen LogP contribution in [0.4, 0.5) is 10.5 Å². The van der Waals surface area contributed by atoms with Crippen molar-refractivity contribution in [3.63, 3.8) is 0 Å². The normalized spacial score (nSPS) is 14.1. The number of carbonyl (C=O) groups is 1. The molecule has 0 bridgehead atoms. The van der Waals surface area contributed by atoms with E-state index in [0.717, 1.165) is 31.7 Å². The van der Waals surface area contributed by atoms with Crippen LogP contribution in [0.3, 0.4) is 0 Å². The summed E-state index contributed by atoms with van der Waals surface area (Å²) in [6, 6.07) is 20.2. The van der Waals surface area contributed by atoms with Crippen molar-refractivity contribution in [2.75, 3.05) is 31.1 Å². The fraction of sp³-hybridized carbons (Fsp3) is 0.417. The molecule has 0 aliphatic carbocycles. The van der Waals surface area contributed by atoms with Crippen LogP contribution in [0.1, 0.15) is 45.8 Å². The Bertz CT molecular complexity index is 663. The van der Waals surface area contributed by atoms with Crippen LogP contribution in [0.15, 0.2) is 60.7 Å². The Balaban J connectivity index is 0.00000159. The zero-order chi connectivity index (χ0) is 21.5. The Hall–Kier alpha value is -1.43. The van der Waals surface area contributed by atoms with E-state index in [2.05, 4.69) is 40.6 Å². The van der Waals surface area contributed by atoms with E-state index in [1.807, 2.05) is 64.1 Å². The van der Waals surface area contributed by atoms with Crippen LogP contribution in [-0.2, 0) is 37.4 Å². The molecule has 1 atom stereocenters. The van der Waals surface area contributed by atoms with Gasteiger partial charge in [0.2, 0.25) is 0 Å². The number of hydrogen-bond donors (Lipinski definition) is 1. The molecule has 1 heterocycles. The van der Waals surface area contributed by atoms with Crippen LogP contribution in [0, 0.1) is 6.54 Å². The summed E-state index contributed by atoms with van der Waals surface area (Å²) in [5.74, 6) is 0. The van der Waals surface area contributed by atoms with Crippen LogP contribution in [0.5, 0.6) is 0 Å². The number of amides is 1. The van der Waals surface area contributed by atoms with E-state index < -0.39 is 6.09 Å². The van der Waals surface area contributed by atoms with Crippen molar-refractivity contribution < 1.29 is 42.2 Å². The third-order valence-corrected chi connectivity index (χ3v) is 4.44. The zero-order valence-electron chi connectivity index (χ0n) is 18.8. The molecule has 1 unspecified atom stereocenters. The van der Waals surface area contributed by atoms with E-state index in [9.17, 15) is 4.79 Å². The Kier molecular flexibility index (Phi) is 16.5. The first-order valence-electron chi connectivity index (χ1n) is 10.6. The molecule has 1 fully saturated rings. The summed E-state index contributed by atoms with van der Waals surface area (Å²) in [4.78, 5) is 15.9. The number of benzene rings is 2. The SMILES string of the molecule is CC.CC.NC(=O)OC(C[CH-]N1CCN(c2ccccc2)CC1)c1ccccc1.[Y].